The molecule has 0 spiro atoms. The lowest BCUT2D eigenvalue weighted by Crippen LogP contribution is -2.11. The minimum absolute atomic E-state index is 0.123. The topological polar surface area (TPSA) is 52.6 Å². The maximum atomic E-state index is 10.9. The van der Waals surface area contributed by atoms with Crippen LogP contribution in [-0.4, -0.2) is 25.2 Å². The highest BCUT2D eigenvalue weighted by Crippen LogP contribution is 1.90. The molecule has 14 heavy (non-hydrogen) atoms. The average Bonchev–Trinajstić information content (AvgIpc) is 2.13. The Bertz CT molecular complexity index is 208. The molecule has 0 saturated carbocycles. The zero-order valence-electron chi connectivity index (χ0n) is 8.62. The van der Waals surface area contributed by atoms with E-state index in [0.29, 0.717) is 0 Å². The zero-order chi connectivity index (χ0) is 10.8. The van der Waals surface area contributed by atoms with E-state index in [2.05, 4.69) is 4.74 Å². The second kappa shape index (κ2) is 8.29. The lowest BCUT2D eigenvalue weighted by Gasteiger charge is -2.02. The number of hydrogen-bond acceptors (Lipinski definition) is 4. The van der Waals surface area contributed by atoms with Gasteiger partial charge in [-0.2, -0.15) is 0 Å². The van der Waals surface area contributed by atoms with Gasteiger partial charge in [0.2, 0.25) is 0 Å². The van der Waals surface area contributed by atoms with Crippen LogP contribution in [0, 0.1) is 0 Å². The molecule has 0 aromatic rings. The minimum Gasteiger partial charge on any atom is -0.462 e. The molecule has 0 aromatic carbocycles. The quantitative estimate of drug-likeness (QED) is 0.370. The molecule has 0 heterocycles. The highest BCUT2D eigenvalue weighted by molar-refractivity contribution is 5.71. The molecular weight excluding hydrogens is 184 g/mol. The predicted octanol–water partition coefficient (Wildman–Crippen LogP) is 1.45. The first-order valence-corrected chi connectivity index (χ1v) is 4.60. The third-order valence-corrected chi connectivity index (χ3v) is 1.34. The largest absolute Gasteiger partial charge is 0.462 e. The number of carbonyl (C=O) groups is 2. The first-order valence-electron chi connectivity index (χ1n) is 4.60. The Morgan fingerprint density at radius 1 is 1.14 bits per heavy atom. The normalized spacial score (nSPS) is 10.1. The highest BCUT2D eigenvalue weighted by atomic mass is 16.6. The van der Waals surface area contributed by atoms with Gasteiger partial charge in [-0.3, -0.25) is 9.59 Å². The van der Waals surface area contributed by atoms with E-state index in [4.69, 9.17) is 4.74 Å². The van der Waals surface area contributed by atoms with Gasteiger partial charge in [0, 0.05) is 6.92 Å². The zero-order valence-corrected chi connectivity index (χ0v) is 8.62. The maximum Gasteiger partial charge on any atom is 0.309 e. The molecule has 0 amide bonds. The molecule has 0 fully saturated rings. The molecule has 4 heteroatoms. The van der Waals surface area contributed by atoms with E-state index in [-0.39, 0.29) is 31.6 Å². The van der Waals surface area contributed by atoms with Gasteiger partial charge in [-0.1, -0.05) is 19.1 Å². The van der Waals surface area contributed by atoms with Crippen molar-refractivity contribution in [2.45, 2.75) is 26.7 Å². The van der Waals surface area contributed by atoms with Crippen LogP contribution in [0.3, 0.4) is 0 Å². The Balaban J connectivity index is 3.35. The van der Waals surface area contributed by atoms with Crippen molar-refractivity contribution in [1.29, 1.82) is 0 Å². The van der Waals surface area contributed by atoms with Crippen LogP contribution in [0.25, 0.3) is 0 Å². The van der Waals surface area contributed by atoms with Gasteiger partial charge in [0.05, 0.1) is 6.42 Å². The van der Waals surface area contributed by atoms with Crippen molar-refractivity contribution >= 4 is 11.9 Å². The summed E-state index contributed by atoms with van der Waals surface area (Å²) in [5.41, 5.74) is 0. The predicted molar refractivity (Wildman–Crippen MR) is 51.6 cm³/mol. The standard InChI is InChI=1S/C10H16O4/c1-3-4-5-6-10(12)14-8-7-13-9(2)11/h4-5H,3,6-8H2,1-2H3. The number of carbonyl (C=O) groups excluding carboxylic acids is 2. The van der Waals surface area contributed by atoms with Gasteiger partial charge in [0.15, 0.2) is 0 Å². The van der Waals surface area contributed by atoms with Crippen molar-refractivity contribution in [1.82, 2.24) is 0 Å². The maximum absolute atomic E-state index is 10.9. The van der Waals surface area contributed by atoms with Gasteiger partial charge >= 0.3 is 11.9 Å². The fourth-order valence-electron chi connectivity index (χ4n) is 0.746. The first kappa shape index (κ1) is 12.7. The van der Waals surface area contributed by atoms with Gasteiger partial charge < -0.3 is 9.47 Å². The molecule has 0 aromatic heterocycles. The van der Waals surface area contributed by atoms with Crippen LogP contribution in [0.1, 0.15) is 26.7 Å². The van der Waals surface area contributed by atoms with Crippen molar-refractivity contribution < 1.29 is 19.1 Å². The molecule has 0 aliphatic heterocycles. The molecule has 0 unspecified atom stereocenters. The monoisotopic (exact) mass is 200 g/mol. The molecule has 4 nitrogen and oxygen atoms in total. The summed E-state index contributed by atoms with van der Waals surface area (Å²) < 4.78 is 9.36. The number of hydrogen-bond donors (Lipinski definition) is 0. The van der Waals surface area contributed by atoms with E-state index >= 15 is 0 Å². The lowest BCUT2D eigenvalue weighted by molar-refractivity contribution is -0.150. The number of rotatable bonds is 6. The SMILES string of the molecule is CCC=CCC(=O)OCCOC(C)=O. The van der Waals surface area contributed by atoms with Crippen molar-refractivity contribution in [3.63, 3.8) is 0 Å². The summed E-state index contributed by atoms with van der Waals surface area (Å²) in [6.07, 6.45) is 4.83. The fourth-order valence-corrected chi connectivity index (χ4v) is 0.746. The molecular formula is C10H16O4. The van der Waals surface area contributed by atoms with Crippen LogP contribution in [0.15, 0.2) is 12.2 Å². The van der Waals surface area contributed by atoms with Gasteiger partial charge in [-0.05, 0) is 6.42 Å². The Kier molecular flexibility index (Phi) is 7.50. The van der Waals surface area contributed by atoms with Crippen LogP contribution in [0.2, 0.25) is 0 Å². The Hall–Kier alpha value is -1.32. The molecule has 0 saturated heterocycles. The minimum atomic E-state index is -0.369. The van der Waals surface area contributed by atoms with Crippen molar-refractivity contribution in [3.8, 4) is 0 Å². The van der Waals surface area contributed by atoms with Crippen molar-refractivity contribution in [2.75, 3.05) is 13.2 Å². The fraction of sp³-hybridized carbons (Fsp3) is 0.600. The second-order valence-corrected chi connectivity index (χ2v) is 2.64. The Labute approximate surface area is 83.9 Å². The summed E-state index contributed by atoms with van der Waals surface area (Å²) in [4.78, 5) is 21.3. The molecule has 0 bridgehead atoms. The van der Waals surface area contributed by atoms with E-state index in [1.165, 1.54) is 6.92 Å². The lowest BCUT2D eigenvalue weighted by atomic mass is 10.3. The first-order chi connectivity index (χ1) is 6.66. The van der Waals surface area contributed by atoms with Crippen LogP contribution in [-0.2, 0) is 19.1 Å². The van der Waals surface area contributed by atoms with Crippen molar-refractivity contribution in [2.24, 2.45) is 0 Å². The third-order valence-electron chi connectivity index (χ3n) is 1.34. The number of esters is 2. The van der Waals surface area contributed by atoms with Crippen LogP contribution < -0.4 is 0 Å². The molecule has 0 N–H and O–H groups in total. The van der Waals surface area contributed by atoms with E-state index in [9.17, 15) is 9.59 Å². The van der Waals surface area contributed by atoms with E-state index < -0.39 is 0 Å². The van der Waals surface area contributed by atoms with Gasteiger partial charge in [0.25, 0.3) is 0 Å². The summed E-state index contributed by atoms with van der Waals surface area (Å²) >= 11 is 0. The van der Waals surface area contributed by atoms with Gasteiger partial charge in [-0.25, -0.2) is 0 Å². The molecule has 0 rings (SSSR count). The average molecular weight is 200 g/mol. The number of allylic oxidation sites excluding steroid dienone is 1. The van der Waals surface area contributed by atoms with Crippen LogP contribution in [0.5, 0.6) is 0 Å². The molecule has 0 atom stereocenters. The molecule has 0 aliphatic rings. The van der Waals surface area contributed by atoms with E-state index in [0.717, 1.165) is 6.42 Å². The Morgan fingerprint density at radius 3 is 2.36 bits per heavy atom. The summed E-state index contributed by atoms with van der Waals surface area (Å²) in [7, 11) is 0. The third kappa shape index (κ3) is 8.77. The van der Waals surface area contributed by atoms with Crippen LogP contribution in [0.4, 0.5) is 0 Å². The second-order valence-electron chi connectivity index (χ2n) is 2.64. The number of ether oxygens (including phenoxy) is 2. The summed E-state index contributed by atoms with van der Waals surface area (Å²) in [6, 6.07) is 0. The van der Waals surface area contributed by atoms with Crippen LogP contribution >= 0.6 is 0 Å². The summed E-state index contributed by atoms with van der Waals surface area (Å²) in [5, 5.41) is 0. The molecule has 0 aliphatic carbocycles. The molecule has 0 radical (unpaired) electrons. The van der Waals surface area contributed by atoms with E-state index in [1.807, 2.05) is 13.0 Å². The van der Waals surface area contributed by atoms with Gasteiger partial charge in [0.1, 0.15) is 13.2 Å². The molecule has 80 valence electrons. The summed E-state index contributed by atoms with van der Waals surface area (Å²) in [6.45, 7) is 3.55. The van der Waals surface area contributed by atoms with Crippen molar-refractivity contribution in [3.05, 3.63) is 12.2 Å². The summed E-state index contributed by atoms with van der Waals surface area (Å²) in [5.74, 6) is -0.672. The van der Waals surface area contributed by atoms with E-state index in [1.54, 1.807) is 6.08 Å². The smallest absolute Gasteiger partial charge is 0.309 e. The highest BCUT2D eigenvalue weighted by Gasteiger charge is 1.99. The van der Waals surface area contributed by atoms with Gasteiger partial charge in [-0.15, -0.1) is 0 Å². The Morgan fingerprint density at radius 2 is 1.79 bits per heavy atom.